The van der Waals surface area contributed by atoms with Crippen molar-refractivity contribution >= 4 is 39.2 Å². The van der Waals surface area contributed by atoms with E-state index in [0.717, 1.165) is 60.9 Å². The SMILES string of the molecule is C[C@@H](NC(=O)N1CCC(c2nc3cc(Cl)ccc3s2)CC1)[C@H]1CCCO1. The molecule has 1 aromatic heterocycles. The zero-order valence-electron chi connectivity index (χ0n) is 14.9. The Kier molecular flexibility index (Phi) is 5.34. The highest BCUT2D eigenvalue weighted by molar-refractivity contribution is 7.18. The van der Waals surface area contributed by atoms with Crippen molar-refractivity contribution in [2.75, 3.05) is 19.7 Å². The summed E-state index contributed by atoms with van der Waals surface area (Å²) in [5, 5.41) is 4.99. The number of urea groups is 1. The molecule has 2 amide bonds. The first-order chi connectivity index (χ1) is 12.6. The fraction of sp³-hybridized carbons (Fsp3) is 0.579. The lowest BCUT2D eigenvalue weighted by Crippen LogP contribution is -2.49. The van der Waals surface area contributed by atoms with E-state index < -0.39 is 0 Å². The number of amides is 2. The number of aromatic nitrogens is 1. The van der Waals surface area contributed by atoms with Crippen LogP contribution in [0.4, 0.5) is 4.79 Å². The third kappa shape index (κ3) is 3.82. The number of nitrogens with one attached hydrogen (secondary N) is 1. The van der Waals surface area contributed by atoms with Crippen LogP contribution >= 0.6 is 22.9 Å². The minimum Gasteiger partial charge on any atom is -0.376 e. The number of nitrogens with zero attached hydrogens (tertiary/aromatic N) is 2. The smallest absolute Gasteiger partial charge is 0.317 e. The third-order valence-electron chi connectivity index (χ3n) is 5.37. The first-order valence-corrected chi connectivity index (χ1v) is 10.5. The second kappa shape index (κ2) is 7.71. The van der Waals surface area contributed by atoms with Crippen molar-refractivity contribution in [3.8, 4) is 0 Å². The van der Waals surface area contributed by atoms with E-state index in [1.807, 2.05) is 30.0 Å². The van der Waals surface area contributed by atoms with E-state index in [-0.39, 0.29) is 18.2 Å². The maximum atomic E-state index is 12.5. The number of halogens is 1. The Balaban J connectivity index is 1.33. The quantitative estimate of drug-likeness (QED) is 0.840. The molecular weight excluding hydrogens is 370 g/mol. The van der Waals surface area contributed by atoms with Gasteiger partial charge in [-0.15, -0.1) is 11.3 Å². The van der Waals surface area contributed by atoms with E-state index in [9.17, 15) is 4.79 Å². The summed E-state index contributed by atoms with van der Waals surface area (Å²) in [5.41, 5.74) is 0.975. The molecular formula is C19H24ClN3O2S. The van der Waals surface area contributed by atoms with Gasteiger partial charge >= 0.3 is 6.03 Å². The summed E-state index contributed by atoms with van der Waals surface area (Å²) < 4.78 is 6.84. The normalized spacial score (nSPS) is 22.7. The predicted octanol–water partition coefficient (Wildman–Crippen LogP) is 4.41. The van der Waals surface area contributed by atoms with E-state index >= 15 is 0 Å². The first kappa shape index (κ1) is 18.0. The Bertz CT molecular complexity index is 782. The molecule has 2 atom stereocenters. The van der Waals surface area contributed by atoms with Crippen molar-refractivity contribution in [2.24, 2.45) is 0 Å². The Labute approximate surface area is 162 Å². The fourth-order valence-corrected chi connectivity index (χ4v) is 5.08. The molecule has 26 heavy (non-hydrogen) atoms. The number of carbonyl (C=O) groups excluding carboxylic acids is 1. The number of carbonyl (C=O) groups is 1. The molecule has 0 spiro atoms. The Morgan fingerprint density at radius 2 is 2.19 bits per heavy atom. The van der Waals surface area contributed by atoms with Gasteiger partial charge in [0.15, 0.2) is 0 Å². The molecule has 2 fully saturated rings. The van der Waals surface area contributed by atoms with Crippen molar-refractivity contribution < 1.29 is 9.53 Å². The zero-order chi connectivity index (χ0) is 18.1. The van der Waals surface area contributed by atoms with Crippen molar-refractivity contribution in [1.29, 1.82) is 0 Å². The van der Waals surface area contributed by atoms with E-state index in [0.29, 0.717) is 5.92 Å². The number of rotatable bonds is 3. The number of piperidine rings is 1. The molecule has 0 saturated carbocycles. The van der Waals surface area contributed by atoms with Gasteiger partial charge in [0, 0.05) is 30.6 Å². The third-order valence-corrected chi connectivity index (χ3v) is 6.81. The first-order valence-electron chi connectivity index (χ1n) is 9.33. The molecule has 1 aromatic carbocycles. The lowest BCUT2D eigenvalue weighted by Gasteiger charge is -2.32. The van der Waals surface area contributed by atoms with Crippen LogP contribution in [0.2, 0.25) is 5.02 Å². The van der Waals surface area contributed by atoms with E-state index in [1.165, 1.54) is 4.70 Å². The number of thiazole rings is 1. The van der Waals surface area contributed by atoms with Crippen LogP contribution in [0.1, 0.15) is 43.5 Å². The van der Waals surface area contributed by atoms with Gasteiger partial charge in [-0.25, -0.2) is 9.78 Å². The topological polar surface area (TPSA) is 54.5 Å². The van der Waals surface area contributed by atoms with Gasteiger partial charge in [0.05, 0.1) is 27.4 Å². The van der Waals surface area contributed by atoms with Gasteiger partial charge in [0.2, 0.25) is 0 Å². The summed E-state index contributed by atoms with van der Waals surface area (Å²) in [4.78, 5) is 19.2. The largest absolute Gasteiger partial charge is 0.376 e. The summed E-state index contributed by atoms with van der Waals surface area (Å²) in [7, 11) is 0. The zero-order valence-corrected chi connectivity index (χ0v) is 16.5. The number of benzene rings is 1. The van der Waals surface area contributed by atoms with Crippen molar-refractivity contribution in [3.63, 3.8) is 0 Å². The van der Waals surface area contributed by atoms with Gasteiger partial charge in [-0.2, -0.15) is 0 Å². The Morgan fingerprint density at radius 3 is 2.92 bits per heavy atom. The standard InChI is InChI=1S/C19H24ClN3O2S/c1-12(16-3-2-10-25-16)21-19(24)23-8-6-13(7-9-23)18-22-15-11-14(20)4-5-17(15)26-18/h4-5,11-13,16H,2-3,6-10H2,1H3,(H,21,24)/t12-,16-/m1/s1. The molecule has 0 radical (unpaired) electrons. The summed E-state index contributed by atoms with van der Waals surface area (Å²) in [6.45, 7) is 4.38. The molecule has 2 aliphatic rings. The predicted molar refractivity (Wildman–Crippen MR) is 105 cm³/mol. The van der Waals surface area contributed by atoms with Gasteiger partial charge in [0.1, 0.15) is 0 Å². The molecule has 4 rings (SSSR count). The number of likely N-dealkylation sites (tertiary alicyclic amines) is 1. The number of hydrogen-bond acceptors (Lipinski definition) is 4. The highest BCUT2D eigenvalue weighted by atomic mass is 35.5. The number of ether oxygens (including phenoxy) is 1. The van der Waals surface area contributed by atoms with Crippen LogP contribution < -0.4 is 5.32 Å². The molecule has 7 heteroatoms. The lowest BCUT2D eigenvalue weighted by atomic mass is 9.98. The molecule has 1 N–H and O–H groups in total. The van der Waals surface area contributed by atoms with Crippen LogP contribution in [-0.2, 0) is 4.74 Å². The highest BCUT2D eigenvalue weighted by Crippen LogP contribution is 2.34. The van der Waals surface area contributed by atoms with Crippen molar-refractivity contribution in [2.45, 2.75) is 50.7 Å². The van der Waals surface area contributed by atoms with Crippen LogP contribution in [0, 0.1) is 0 Å². The Morgan fingerprint density at radius 1 is 1.38 bits per heavy atom. The van der Waals surface area contributed by atoms with E-state index in [1.54, 1.807) is 11.3 Å². The molecule has 2 aliphatic heterocycles. The van der Waals surface area contributed by atoms with Crippen molar-refractivity contribution in [3.05, 3.63) is 28.2 Å². The monoisotopic (exact) mass is 393 g/mol. The number of fused-ring (bicyclic) bond motifs is 1. The summed E-state index contributed by atoms with van der Waals surface area (Å²) in [6, 6.07) is 5.97. The molecule has 140 valence electrons. The van der Waals surface area contributed by atoms with Gasteiger partial charge < -0.3 is 15.0 Å². The van der Waals surface area contributed by atoms with Crippen LogP contribution in [0.3, 0.4) is 0 Å². The lowest BCUT2D eigenvalue weighted by molar-refractivity contribution is 0.0824. The van der Waals surface area contributed by atoms with E-state index in [2.05, 4.69) is 5.32 Å². The Hall–Kier alpha value is -1.37. The second-order valence-corrected chi connectivity index (χ2v) is 8.71. The molecule has 2 aromatic rings. The maximum Gasteiger partial charge on any atom is 0.317 e. The molecule has 5 nitrogen and oxygen atoms in total. The second-order valence-electron chi connectivity index (χ2n) is 7.22. The molecule has 2 saturated heterocycles. The minimum absolute atomic E-state index is 0.0301. The van der Waals surface area contributed by atoms with Crippen LogP contribution in [0.25, 0.3) is 10.2 Å². The highest BCUT2D eigenvalue weighted by Gasteiger charge is 2.29. The summed E-state index contributed by atoms with van der Waals surface area (Å²) in [6.07, 6.45) is 4.19. The van der Waals surface area contributed by atoms with Crippen LogP contribution in [0.15, 0.2) is 18.2 Å². The molecule has 0 bridgehead atoms. The summed E-state index contributed by atoms with van der Waals surface area (Å²) in [5.74, 6) is 0.422. The molecule has 0 unspecified atom stereocenters. The maximum absolute atomic E-state index is 12.5. The van der Waals surface area contributed by atoms with Crippen LogP contribution in [0.5, 0.6) is 0 Å². The average molecular weight is 394 g/mol. The molecule has 3 heterocycles. The number of hydrogen-bond donors (Lipinski definition) is 1. The van der Waals surface area contributed by atoms with Gasteiger partial charge in [0.25, 0.3) is 0 Å². The summed E-state index contributed by atoms with van der Waals surface area (Å²) >= 11 is 7.81. The van der Waals surface area contributed by atoms with Crippen LogP contribution in [-0.4, -0.2) is 47.8 Å². The van der Waals surface area contributed by atoms with Gasteiger partial charge in [-0.3, -0.25) is 0 Å². The van der Waals surface area contributed by atoms with Gasteiger partial charge in [-0.05, 0) is 50.8 Å². The minimum atomic E-state index is 0.0301. The average Bonchev–Trinajstić information content (AvgIpc) is 3.31. The van der Waals surface area contributed by atoms with Gasteiger partial charge in [-0.1, -0.05) is 11.6 Å². The molecule has 0 aliphatic carbocycles. The fourth-order valence-electron chi connectivity index (χ4n) is 3.80. The van der Waals surface area contributed by atoms with E-state index in [4.69, 9.17) is 21.3 Å². The van der Waals surface area contributed by atoms with Crippen molar-refractivity contribution in [1.82, 2.24) is 15.2 Å².